The fraction of sp³-hybridized carbons (Fsp3) is 0. The summed E-state index contributed by atoms with van der Waals surface area (Å²) in [6.07, 6.45) is 5.24. The van der Waals surface area contributed by atoms with E-state index in [0.717, 1.165) is 16.7 Å². The van der Waals surface area contributed by atoms with Crippen LogP contribution in [0.4, 0.5) is 0 Å². The van der Waals surface area contributed by atoms with Crippen LogP contribution in [0.3, 0.4) is 0 Å². The Bertz CT molecular complexity index is 550. The summed E-state index contributed by atoms with van der Waals surface area (Å²) in [6.45, 7) is 0. The van der Waals surface area contributed by atoms with Crippen LogP contribution in [0.5, 0.6) is 0 Å². The van der Waals surface area contributed by atoms with Crippen molar-refractivity contribution in [2.24, 2.45) is 0 Å². The second kappa shape index (κ2) is 2.70. The van der Waals surface area contributed by atoms with Gasteiger partial charge >= 0.3 is 0 Å². The Morgan fingerprint density at radius 3 is 2.93 bits per heavy atom. The lowest BCUT2D eigenvalue weighted by Crippen LogP contribution is -1.95. The molecule has 0 aliphatic heterocycles. The summed E-state index contributed by atoms with van der Waals surface area (Å²) in [5.74, 6) is 0.881. The maximum atomic E-state index is 4.28. The van der Waals surface area contributed by atoms with Crippen molar-refractivity contribution in [2.45, 2.75) is 0 Å². The van der Waals surface area contributed by atoms with Gasteiger partial charge in [-0.3, -0.25) is 0 Å². The second-order valence-corrected chi connectivity index (χ2v) is 3.05. The highest BCUT2D eigenvalue weighted by Crippen LogP contribution is 2.15. The molecule has 14 heavy (non-hydrogen) atoms. The Morgan fingerprint density at radius 2 is 2.07 bits per heavy atom. The molecule has 0 atom stereocenters. The van der Waals surface area contributed by atoms with Crippen LogP contribution in [0, 0.1) is 0 Å². The van der Waals surface area contributed by atoms with E-state index >= 15 is 0 Å². The van der Waals surface area contributed by atoms with Crippen LogP contribution in [0.2, 0.25) is 0 Å². The smallest absolute Gasteiger partial charge is 0.151 e. The van der Waals surface area contributed by atoms with Crippen molar-refractivity contribution in [2.75, 3.05) is 0 Å². The molecule has 0 spiro atoms. The van der Waals surface area contributed by atoms with Gasteiger partial charge in [0, 0.05) is 5.39 Å². The molecule has 0 bridgehead atoms. The highest BCUT2D eigenvalue weighted by Gasteiger charge is 2.03. The molecule has 2 heterocycles. The van der Waals surface area contributed by atoms with Crippen LogP contribution in [0.1, 0.15) is 0 Å². The van der Waals surface area contributed by atoms with Crippen LogP contribution < -0.4 is 0 Å². The minimum absolute atomic E-state index is 0.881. The van der Waals surface area contributed by atoms with E-state index in [2.05, 4.69) is 15.1 Å². The van der Waals surface area contributed by atoms with E-state index in [1.54, 1.807) is 12.5 Å². The Labute approximate surface area is 80.2 Å². The van der Waals surface area contributed by atoms with Crippen LogP contribution in [-0.2, 0) is 0 Å². The van der Waals surface area contributed by atoms with Gasteiger partial charge in [-0.05, 0) is 6.07 Å². The largest absolute Gasteiger partial charge is 0.330 e. The highest BCUT2D eigenvalue weighted by molar-refractivity contribution is 5.79. The molecule has 4 nitrogen and oxygen atoms in total. The molecule has 0 amide bonds. The van der Waals surface area contributed by atoms with Crippen molar-refractivity contribution in [1.82, 2.24) is 19.7 Å². The minimum atomic E-state index is 0.881. The molecule has 0 unspecified atom stereocenters. The zero-order valence-electron chi connectivity index (χ0n) is 7.38. The van der Waals surface area contributed by atoms with Crippen molar-refractivity contribution < 1.29 is 0 Å². The van der Waals surface area contributed by atoms with E-state index in [4.69, 9.17) is 0 Å². The molecule has 3 aromatic rings. The molecule has 2 aromatic heterocycles. The normalized spacial score (nSPS) is 10.9. The molecule has 3 rings (SSSR count). The molecule has 1 aromatic carbocycles. The summed E-state index contributed by atoms with van der Waals surface area (Å²) < 4.78 is 1.84. The Kier molecular flexibility index (Phi) is 1.41. The van der Waals surface area contributed by atoms with E-state index in [1.807, 2.05) is 35.1 Å². The molecule has 4 heteroatoms. The molecule has 0 saturated carbocycles. The van der Waals surface area contributed by atoms with Gasteiger partial charge in [-0.1, -0.05) is 18.2 Å². The van der Waals surface area contributed by atoms with Crippen molar-refractivity contribution in [3.63, 3.8) is 0 Å². The Hall–Kier alpha value is -2.10. The van der Waals surface area contributed by atoms with Crippen molar-refractivity contribution in [3.8, 4) is 5.82 Å². The lowest BCUT2D eigenvalue weighted by atomic mass is 10.3. The second-order valence-electron chi connectivity index (χ2n) is 3.05. The number of fused-ring (bicyclic) bond motifs is 1. The van der Waals surface area contributed by atoms with Gasteiger partial charge in [0.1, 0.15) is 0 Å². The molecular formula is C10H8N4. The predicted molar refractivity (Wildman–Crippen MR) is 53.2 cm³/mol. The molecular weight excluding hydrogens is 176 g/mol. The third kappa shape index (κ3) is 0.939. The topological polar surface area (TPSA) is 46.5 Å². The SMILES string of the molecule is c1ccc2c(c1)cnn2-c1cnc[nH]1. The van der Waals surface area contributed by atoms with Crippen LogP contribution in [0.25, 0.3) is 16.7 Å². The Balaban J connectivity index is 2.33. The number of benzene rings is 1. The molecule has 0 fully saturated rings. The molecule has 68 valence electrons. The number of nitrogens with one attached hydrogen (secondary N) is 1. The number of H-pyrrole nitrogens is 1. The van der Waals surface area contributed by atoms with Gasteiger partial charge in [0.25, 0.3) is 0 Å². The van der Waals surface area contributed by atoms with E-state index in [0.29, 0.717) is 0 Å². The number of nitrogens with zero attached hydrogens (tertiary/aromatic N) is 3. The van der Waals surface area contributed by atoms with Gasteiger partial charge in [0.15, 0.2) is 5.82 Å². The van der Waals surface area contributed by atoms with Gasteiger partial charge in [0.05, 0.1) is 24.2 Å². The van der Waals surface area contributed by atoms with E-state index in [1.165, 1.54) is 0 Å². The summed E-state index contributed by atoms with van der Waals surface area (Å²) in [4.78, 5) is 6.99. The average molecular weight is 184 g/mol. The zero-order chi connectivity index (χ0) is 9.38. The predicted octanol–water partition coefficient (Wildman–Crippen LogP) is 1.75. The van der Waals surface area contributed by atoms with Gasteiger partial charge in [-0.15, -0.1) is 0 Å². The summed E-state index contributed by atoms with van der Waals surface area (Å²) in [5, 5.41) is 5.41. The first kappa shape index (κ1) is 7.32. The standard InChI is InChI=1S/C10H8N4/c1-2-4-9-8(3-1)5-13-14(9)10-6-11-7-12-10/h1-7H,(H,11,12). The minimum Gasteiger partial charge on any atom is -0.330 e. The monoisotopic (exact) mass is 184 g/mol. The van der Waals surface area contributed by atoms with Gasteiger partial charge in [-0.25, -0.2) is 9.67 Å². The lowest BCUT2D eigenvalue weighted by Gasteiger charge is -1.97. The zero-order valence-corrected chi connectivity index (χ0v) is 7.38. The summed E-state index contributed by atoms with van der Waals surface area (Å²) >= 11 is 0. The third-order valence-electron chi connectivity index (χ3n) is 2.19. The molecule has 1 N–H and O–H groups in total. The van der Waals surface area contributed by atoms with Gasteiger partial charge < -0.3 is 4.98 Å². The fourth-order valence-electron chi connectivity index (χ4n) is 1.53. The average Bonchev–Trinajstić information content (AvgIpc) is 2.85. The number of imidazole rings is 1. The van der Waals surface area contributed by atoms with Crippen LogP contribution in [0.15, 0.2) is 43.0 Å². The van der Waals surface area contributed by atoms with E-state index < -0.39 is 0 Å². The van der Waals surface area contributed by atoms with Crippen molar-refractivity contribution >= 4 is 10.9 Å². The Morgan fingerprint density at radius 1 is 1.14 bits per heavy atom. The van der Waals surface area contributed by atoms with Crippen molar-refractivity contribution in [1.29, 1.82) is 0 Å². The number of para-hydroxylation sites is 1. The molecule has 0 aliphatic carbocycles. The fourth-order valence-corrected chi connectivity index (χ4v) is 1.53. The van der Waals surface area contributed by atoms with E-state index in [9.17, 15) is 0 Å². The first-order valence-electron chi connectivity index (χ1n) is 4.37. The van der Waals surface area contributed by atoms with Crippen molar-refractivity contribution in [3.05, 3.63) is 43.0 Å². The maximum Gasteiger partial charge on any atom is 0.151 e. The van der Waals surface area contributed by atoms with Gasteiger partial charge in [0.2, 0.25) is 0 Å². The number of aromatic nitrogens is 4. The molecule has 0 saturated heterocycles. The number of aromatic amines is 1. The molecule has 0 radical (unpaired) electrons. The summed E-state index contributed by atoms with van der Waals surface area (Å²) in [7, 11) is 0. The third-order valence-corrected chi connectivity index (χ3v) is 2.19. The first-order valence-corrected chi connectivity index (χ1v) is 4.37. The number of rotatable bonds is 1. The quantitative estimate of drug-likeness (QED) is 0.626. The van der Waals surface area contributed by atoms with Crippen LogP contribution in [-0.4, -0.2) is 19.7 Å². The van der Waals surface area contributed by atoms with Gasteiger partial charge in [-0.2, -0.15) is 5.10 Å². The summed E-state index contributed by atoms with van der Waals surface area (Å²) in [5.41, 5.74) is 1.08. The summed E-state index contributed by atoms with van der Waals surface area (Å²) in [6, 6.07) is 8.07. The maximum absolute atomic E-state index is 4.28. The highest BCUT2D eigenvalue weighted by atomic mass is 15.3. The number of hydrogen-bond donors (Lipinski definition) is 1. The number of hydrogen-bond acceptors (Lipinski definition) is 2. The molecule has 0 aliphatic rings. The van der Waals surface area contributed by atoms with E-state index in [-0.39, 0.29) is 0 Å². The first-order chi connectivity index (χ1) is 6.95. The van der Waals surface area contributed by atoms with Crippen LogP contribution >= 0.6 is 0 Å². The lowest BCUT2D eigenvalue weighted by molar-refractivity contribution is 0.883.